The highest BCUT2D eigenvalue weighted by Crippen LogP contribution is 2.28. The number of hydrogen-bond donors (Lipinski definition) is 2. The van der Waals surface area contributed by atoms with E-state index in [4.69, 9.17) is 10.5 Å². The Balaban J connectivity index is 2.13. The topological polar surface area (TPSA) is 47.3 Å². The van der Waals surface area contributed by atoms with E-state index in [0.717, 1.165) is 12.8 Å². The van der Waals surface area contributed by atoms with Crippen molar-refractivity contribution in [1.82, 2.24) is 0 Å². The van der Waals surface area contributed by atoms with Crippen LogP contribution in [-0.2, 0) is 0 Å². The van der Waals surface area contributed by atoms with Crippen LogP contribution in [0.15, 0.2) is 18.2 Å². The summed E-state index contributed by atoms with van der Waals surface area (Å²) in [4.78, 5) is 0. The second-order valence-electron chi connectivity index (χ2n) is 4.54. The molecule has 0 amide bonds. The molecule has 0 spiro atoms. The van der Waals surface area contributed by atoms with Gasteiger partial charge < -0.3 is 15.8 Å². The van der Waals surface area contributed by atoms with Crippen molar-refractivity contribution in [2.75, 3.05) is 12.4 Å². The summed E-state index contributed by atoms with van der Waals surface area (Å²) in [5, 5.41) is 3.30. The highest BCUT2D eigenvalue weighted by molar-refractivity contribution is 5.57. The zero-order valence-corrected chi connectivity index (χ0v) is 10.1. The van der Waals surface area contributed by atoms with Gasteiger partial charge in [-0.3, -0.25) is 0 Å². The number of nitrogens with one attached hydrogen (secondary N) is 1. The fourth-order valence-electron chi connectivity index (χ4n) is 2.33. The third-order valence-corrected chi connectivity index (χ3v) is 3.32. The summed E-state index contributed by atoms with van der Waals surface area (Å²) in [7, 11) is 1.58. The Morgan fingerprint density at radius 3 is 2.82 bits per heavy atom. The molecule has 0 bridgehead atoms. The Morgan fingerprint density at radius 1 is 1.35 bits per heavy atom. The minimum Gasteiger partial charge on any atom is -0.495 e. The first kappa shape index (κ1) is 12.2. The lowest BCUT2D eigenvalue weighted by Crippen LogP contribution is -2.42. The molecule has 2 atom stereocenters. The molecule has 1 aromatic carbocycles. The molecule has 4 heteroatoms. The quantitative estimate of drug-likeness (QED) is 0.850. The molecule has 0 saturated heterocycles. The van der Waals surface area contributed by atoms with Gasteiger partial charge in [0, 0.05) is 18.2 Å². The normalized spacial score (nSPS) is 24.4. The number of rotatable bonds is 3. The number of hydrogen-bond acceptors (Lipinski definition) is 3. The Morgan fingerprint density at radius 2 is 2.12 bits per heavy atom. The van der Waals surface area contributed by atoms with Crippen LogP contribution < -0.4 is 15.8 Å². The van der Waals surface area contributed by atoms with Crippen molar-refractivity contribution >= 4 is 5.69 Å². The summed E-state index contributed by atoms with van der Waals surface area (Å²) >= 11 is 0. The van der Waals surface area contributed by atoms with Crippen LogP contribution in [0.25, 0.3) is 0 Å². The van der Waals surface area contributed by atoms with Crippen LogP contribution in [0.1, 0.15) is 25.7 Å². The van der Waals surface area contributed by atoms with Gasteiger partial charge in [-0.1, -0.05) is 12.8 Å². The molecule has 0 radical (unpaired) electrons. The summed E-state index contributed by atoms with van der Waals surface area (Å²) < 4.78 is 18.4. The summed E-state index contributed by atoms with van der Waals surface area (Å²) in [5.74, 6) is 0.391. The van der Waals surface area contributed by atoms with Crippen LogP contribution in [0.4, 0.5) is 10.1 Å². The zero-order valence-electron chi connectivity index (χ0n) is 10.1. The van der Waals surface area contributed by atoms with Crippen LogP contribution in [0.3, 0.4) is 0 Å². The van der Waals surface area contributed by atoms with E-state index in [1.54, 1.807) is 13.2 Å². The van der Waals surface area contributed by atoms with Crippen molar-refractivity contribution < 1.29 is 9.13 Å². The third-order valence-electron chi connectivity index (χ3n) is 3.32. The van der Waals surface area contributed by atoms with Gasteiger partial charge in [-0.15, -0.1) is 0 Å². The van der Waals surface area contributed by atoms with Gasteiger partial charge >= 0.3 is 0 Å². The zero-order chi connectivity index (χ0) is 12.3. The van der Waals surface area contributed by atoms with Crippen molar-refractivity contribution in [3.63, 3.8) is 0 Å². The van der Waals surface area contributed by atoms with E-state index in [1.165, 1.54) is 25.0 Å². The Kier molecular flexibility index (Phi) is 3.84. The Labute approximate surface area is 101 Å². The molecule has 0 heterocycles. The highest BCUT2D eigenvalue weighted by atomic mass is 19.1. The minimum absolute atomic E-state index is 0.136. The van der Waals surface area contributed by atoms with Crippen LogP contribution in [0.2, 0.25) is 0 Å². The van der Waals surface area contributed by atoms with E-state index in [9.17, 15) is 4.39 Å². The molecular formula is C13H19FN2O. The van der Waals surface area contributed by atoms with Gasteiger partial charge in [0.2, 0.25) is 0 Å². The fourth-order valence-corrected chi connectivity index (χ4v) is 2.33. The van der Waals surface area contributed by atoms with Crippen molar-refractivity contribution in [2.45, 2.75) is 37.8 Å². The second kappa shape index (κ2) is 5.36. The van der Waals surface area contributed by atoms with Gasteiger partial charge in [-0.25, -0.2) is 4.39 Å². The monoisotopic (exact) mass is 238 g/mol. The molecule has 3 nitrogen and oxygen atoms in total. The Bertz CT molecular complexity index is 384. The molecule has 1 fully saturated rings. The molecule has 2 rings (SSSR count). The van der Waals surface area contributed by atoms with Gasteiger partial charge in [0.25, 0.3) is 0 Å². The second-order valence-corrected chi connectivity index (χ2v) is 4.54. The molecule has 0 aliphatic heterocycles. The third kappa shape index (κ3) is 2.88. The van der Waals surface area contributed by atoms with E-state index >= 15 is 0 Å². The Hall–Kier alpha value is -1.29. The van der Waals surface area contributed by atoms with Gasteiger partial charge in [0.05, 0.1) is 12.8 Å². The molecule has 0 aromatic heterocycles. The summed E-state index contributed by atoms with van der Waals surface area (Å²) in [6, 6.07) is 4.83. The molecule has 94 valence electrons. The summed E-state index contributed by atoms with van der Waals surface area (Å²) in [6.45, 7) is 0. The molecule has 3 N–H and O–H groups in total. The van der Waals surface area contributed by atoms with Crippen molar-refractivity contribution in [3.05, 3.63) is 24.0 Å². The van der Waals surface area contributed by atoms with Crippen molar-refractivity contribution in [2.24, 2.45) is 5.73 Å². The first-order chi connectivity index (χ1) is 8.20. The number of anilines is 1. The van der Waals surface area contributed by atoms with Crippen LogP contribution in [-0.4, -0.2) is 19.2 Å². The van der Waals surface area contributed by atoms with Gasteiger partial charge in [-0.05, 0) is 25.0 Å². The molecular weight excluding hydrogens is 219 g/mol. The van der Waals surface area contributed by atoms with E-state index in [2.05, 4.69) is 5.32 Å². The van der Waals surface area contributed by atoms with Crippen LogP contribution in [0.5, 0.6) is 5.75 Å². The number of benzene rings is 1. The van der Waals surface area contributed by atoms with E-state index in [-0.39, 0.29) is 17.9 Å². The van der Waals surface area contributed by atoms with E-state index in [1.807, 2.05) is 0 Å². The largest absolute Gasteiger partial charge is 0.495 e. The molecule has 1 aromatic rings. The van der Waals surface area contributed by atoms with Crippen molar-refractivity contribution in [1.29, 1.82) is 0 Å². The molecule has 1 aliphatic rings. The van der Waals surface area contributed by atoms with E-state index < -0.39 is 0 Å². The fraction of sp³-hybridized carbons (Fsp3) is 0.538. The first-order valence-corrected chi connectivity index (χ1v) is 6.06. The lowest BCUT2D eigenvalue weighted by atomic mass is 9.91. The van der Waals surface area contributed by atoms with Crippen LogP contribution >= 0.6 is 0 Å². The maximum atomic E-state index is 13.2. The smallest absolute Gasteiger partial charge is 0.142 e. The molecule has 1 saturated carbocycles. The lowest BCUT2D eigenvalue weighted by molar-refractivity contribution is 0.395. The first-order valence-electron chi connectivity index (χ1n) is 6.06. The van der Waals surface area contributed by atoms with E-state index in [0.29, 0.717) is 11.4 Å². The summed E-state index contributed by atoms with van der Waals surface area (Å²) in [5.41, 5.74) is 6.75. The predicted octanol–water partition coefficient (Wildman–Crippen LogP) is 2.52. The highest BCUT2D eigenvalue weighted by Gasteiger charge is 2.22. The van der Waals surface area contributed by atoms with Gasteiger partial charge in [0.15, 0.2) is 0 Å². The molecule has 2 unspecified atom stereocenters. The standard InChI is InChI=1S/C13H19FN2O/c1-17-13-7-6-9(14)8-12(13)16-11-5-3-2-4-10(11)15/h6-8,10-11,16H,2-5,15H2,1H3. The lowest BCUT2D eigenvalue weighted by Gasteiger charge is -2.30. The SMILES string of the molecule is COc1ccc(F)cc1NC1CCCCC1N. The number of halogens is 1. The van der Waals surface area contributed by atoms with Crippen LogP contribution in [0, 0.1) is 5.82 Å². The van der Waals surface area contributed by atoms with Crippen molar-refractivity contribution in [3.8, 4) is 5.75 Å². The summed E-state index contributed by atoms with van der Waals surface area (Å²) in [6.07, 6.45) is 4.40. The number of methoxy groups -OCH3 is 1. The number of ether oxygens (including phenoxy) is 1. The molecule has 1 aliphatic carbocycles. The average molecular weight is 238 g/mol. The van der Waals surface area contributed by atoms with Gasteiger partial charge in [-0.2, -0.15) is 0 Å². The molecule has 17 heavy (non-hydrogen) atoms. The predicted molar refractivity (Wildman–Crippen MR) is 66.8 cm³/mol. The minimum atomic E-state index is -0.266. The number of nitrogens with two attached hydrogens (primary N) is 1. The average Bonchev–Trinajstić information content (AvgIpc) is 2.32. The maximum Gasteiger partial charge on any atom is 0.142 e. The van der Waals surface area contributed by atoms with Gasteiger partial charge in [0.1, 0.15) is 11.6 Å². The maximum absolute atomic E-state index is 13.2.